The van der Waals surface area contributed by atoms with E-state index in [1.54, 1.807) is 30.3 Å². The molecule has 1 aliphatic carbocycles. The molecule has 18 heteroatoms. The van der Waals surface area contributed by atoms with E-state index in [0.717, 1.165) is 18.2 Å². The Morgan fingerprint density at radius 2 is 1.55 bits per heavy atom. The van der Waals surface area contributed by atoms with E-state index < -0.39 is 48.0 Å². The molecule has 3 amide bonds. The summed E-state index contributed by atoms with van der Waals surface area (Å²) in [5.74, 6) is -3.79. The molecular weight excluding hydrogens is 757 g/mol. The maximum absolute atomic E-state index is 13.0. The van der Waals surface area contributed by atoms with Gasteiger partial charge in [-0.05, 0) is 77.9 Å². The van der Waals surface area contributed by atoms with E-state index in [0.29, 0.717) is 29.2 Å². The van der Waals surface area contributed by atoms with Gasteiger partial charge in [-0.1, -0.05) is 56.6 Å². The fraction of sp³-hybridized carbons (Fsp3) is 0.316. The second kappa shape index (κ2) is 17.1. The van der Waals surface area contributed by atoms with Gasteiger partial charge in [0.1, 0.15) is 5.71 Å². The van der Waals surface area contributed by atoms with Crippen LogP contribution in [-0.2, 0) is 30.1 Å². The van der Waals surface area contributed by atoms with Crippen molar-refractivity contribution in [1.29, 1.82) is 0 Å². The minimum Gasteiger partial charge on any atom is -0.465 e. The second-order valence-corrected chi connectivity index (χ2v) is 14.2. The number of nitrogens with one attached hydrogen (secondary N) is 4. The molecule has 0 bridgehead atoms. The van der Waals surface area contributed by atoms with Crippen LogP contribution in [0.4, 0.5) is 36.4 Å². The van der Waals surface area contributed by atoms with Gasteiger partial charge >= 0.3 is 30.0 Å². The molecule has 0 radical (unpaired) electrons. The van der Waals surface area contributed by atoms with Crippen LogP contribution < -0.4 is 26.0 Å². The predicted molar refractivity (Wildman–Crippen MR) is 202 cm³/mol. The lowest BCUT2D eigenvalue weighted by molar-refractivity contribution is -0.154. The zero-order chi connectivity index (χ0) is 40.7. The van der Waals surface area contributed by atoms with Crippen LogP contribution in [0.25, 0.3) is 0 Å². The van der Waals surface area contributed by atoms with Gasteiger partial charge in [-0.3, -0.25) is 14.4 Å². The average Bonchev–Trinajstić information content (AvgIpc) is 3.93. The van der Waals surface area contributed by atoms with Crippen molar-refractivity contribution in [1.82, 2.24) is 20.3 Å². The summed E-state index contributed by atoms with van der Waals surface area (Å²) >= 11 is 6.03. The van der Waals surface area contributed by atoms with Crippen LogP contribution in [-0.4, -0.2) is 70.8 Å². The van der Waals surface area contributed by atoms with Crippen LogP contribution in [0.3, 0.4) is 0 Å². The van der Waals surface area contributed by atoms with E-state index in [-0.39, 0.29) is 41.6 Å². The van der Waals surface area contributed by atoms with E-state index in [4.69, 9.17) is 21.1 Å². The number of aromatic nitrogens is 3. The molecule has 0 unspecified atom stereocenters. The van der Waals surface area contributed by atoms with Crippen molar-refractivity contribution < 1.29 is 41.8 Å². The number of ether oxygens (including phenoxy) is 2. The Morgan fingerprint density at radius 3 is 2.18 bits per heavy atom. The summed E-state index contributed by atoms with van der Waals surface area (Å²) in [7, 11) is 1.10. The van der Waals surface area contributed by atoms with Crippen LogP contribution in [0.5, 0.6) is 6.01 Å². The van der Waals surface area contributed by atoms with Crippen LogP contribution in [0.15, 0.2) is 77.8 Å². The fourth-order valence-electron chi connectivity index (χ4n) is 5.23. The number of hydrogen-bond donors (Lipinski definition) is 4. The minimum absolute atomic E-state index is 0.0358. The van der Waals surface area contributed by atoms with Gasteiger partial charge in [0.2, 0.25) is 11.9 Å². The molecule has 1 aliphatic rings. The summed E-state index contributed by atoms with van der Waals surface area (Å²) in [6.07, 6.45) is -3.46. The van der Waals surface area contributed by atoms with Crippen molar-refractivity contribution >= 4 is 64.3 Å². The highest BCUT2D eigenvalue weighted by atomic mass is 35.5. The van der Waals surface area contributed by atoms with Crippen molar-refractivity contribution in [2.24, 2.45) is 4.99 Å². The SMILES string of the molecule is COC(=O)/C(CCNC(=O)C(=O)Nc1cccc(C(C)(C)C)c1)=N\C(=O)c1ccc(Nc2nc(NC3(c4ccc(Cl)cc4)CC3)nc(OCC(F)(F)F)n2)cc1. The molecule has 294 valence electrons. The van der Waals surface area contributed by atoms with E-state index in [2.05, 4.69) is 41.2 Å². The molecule has 4 aromatic rings. The highest BCUT2D eigenvalue weighted by Gasteiger charge is 2.45. The molecule has 4 N–H and O–H groups in total. The van der Waals surface area contributed by atoms with Crippen LogP contribution >= 0.6 is 11.6 Å². The summed E-state index contributed by atoms with van der Waals surface area (Å²) in [4.78, 5) is 66.7. The van der Waals surface area contributed by atoms with E-state index in [1.807, 2.05) is 39.0 Å². The molecule has 56 heavy (non-hydrogen) atoms. The number of amides is 3. The zero-order valence-electron chi connectivity index (χ0n) is 30.7. The van der Waals surface area contributed by atoms with Gasteiger partial charge in [0.25, 0.3) is 5.91 Å². The third-order valence-corrected chi connectivity index (χ3v) is 8.62. The second-order valence-electron chi connectivity index (χ2n) is 13.7. The number of hydrogen-bond acceptors (Lipinski definition) is 11. The summed E-state index contributed by atoms with van der Waals surface area (Å²) in [6.45, 7) is 4.20. The Morgan fingerprint density at radius 1 is 0.875 bits per heavy atom. The number of rotatable bonds is 13. The Bertz CT molecular complexity index is 2120. The first-order valence-electron chi connectivity index (χ1n) is 17.2. The van der Waals surface area contributed by atoms with Crippen molar-refractivity contribution in [3.63, 3.8) is 0 Å². The smallest absolute Gasteiger partial charge is 0.422 e. The first-order valence-corrected chi connectivity index (χ1v) is 17.6. The summed E-state index contributed by atoms with van der Waals surface area (Å²) in [5.41, 5.74) is 1.64. The third kappa shape index (κ3) is 11.5. The maximum Gasteiger partial charge on any atom is 0.422 e. The molecule has 14 nitrogen and oxygen atoms in total. The number of halogens is 4. The highest BCUT2D eigenvalue weighted by molar-refractivity contribution is 6.40. The Hall–Kier alpha value is -6.10. The van der Waals surface area contributed by atoms with Crippen molar-refractivity contribution in [2.45, 2.75) is 57.2 Å². The number of aliphatic imine (C=N–C) groups is 1. The minimum atomic E-state index is -4.64. The number of esters is 1. The van der Waals surface area contributed by atoms with Crippen LogP contribution in [0, 0.1) is 0 Å². The first-order chi connectivity index (χ1) is 26.4. The lowest BCUT2D eigenvalue weighted by Gasteiger charge is -2.19. The van der Waals surface area contributed by atoms with Crippen LogP contribution in [0.1, 0.15) is 61.5 Å². The van der Waals surface area contributed by atoms with E-state index in [9.17, 15) is 32.3 Å². The maximum atomic E-state index is 13.0. The molecule has 0 saturated heterocycles. The predicted octanol–water partition coefficient (Wildman–Crippen LogP) is 6.51. The molecule has 3 aromatic carbocycles. The average molecular weight is 795 g/mol. The molecule has 0 atom stereocenters. The van der Waals surface area contributed by atoms with Gasteiger partial charge in [-0.25, -0.2) is 9.79 Å². The number of benzene rings is 3. The van der Waals surface area contributed by atoms with Gasteiger partial charge in [0, 0.05) is 34.9 Å². The fourth-order valence-corrected chi connectivity index (χ4v) is 5.36. The molecule has 0 aliphatic heterocycles. The number of anilines is 4. The first kappa shape index (κ1) is 41.1. The Kier molecular flexibility index (Phi) is 12.6. The zero-order valence-corrected chi connectivity index (χ0v) is 31.5. The van der Waals surface area contributed by atoms with Gasteiger partial charge in [0.15, 0.2) is 6.61 Å². The number of carbonyl (C=O) groups is 4. The molecule has 5 rings (SSSR count). The monoisotopic (exact) mass is 794 g/mol. The van der Waals surface area contributed by atoms with Gasteiger partial charge in [-0.15, -0.1) is 0 Å². The summed E-state index contributed by atoms with van der Waals surface area (Å²) in [6, 6.07) is 19.3. The van der Waals surface area contributed by atoms with Crippen LogP contribution in [0.2, 0.25) is 5.02 Å². The van der Waals surface area contributed by atoms with Gasteiger partial charge in [-0.2, -0.15) is 28.1 Å². The summed E-state index contributed by atoms with van der Waals surface area (Å²) in [5, 5.41) is 11.5. The molecular formula is C38H38ClF3N8O6. The van der Waals surface area contributed by atoms with Gasteiger partial charge < -0.3 is 30.7 Å². The molecule has 1 heterocycles. The number of methoxy groups -OCH3 is 1. The standard InChI is InChI=1S/C38H38ClF3N8O6/c1-36(2,3)24-6-5-7-27(20-24)44-31(53)30(52)43-19-16-28(32(54)55-4)46-29(51)22-8-14-26(15-9-22)45-33-47-34(49-35(48-33)56-21-38(40,41)42)50-37(17-18-37)23-10-12-25(39)13-11-23/h5-15,20H,16-19,21H2,1-4H3,(H,43,52)(H,44,53)(H2,45,47,48,49,50)/b46-28-. The van der Waals surface area contributed by atoms with Crippen molar-refractivity contribution in [3.8, 4) is 6.01 Å². The Balaban J connectivity index is 1.23. The molecule has 1 fully saturated rings. The molecule has 1 aromatic heterocycles. The number of carbonyl (C=O) groups excluding carboxylic acids is 4. The number of alkyl halides is 3. The normalized spacial score (nSPS) is 13.6. The quantitative estimate of drug-likeness (QED) is 0.0657. The van der Waals surface area contributed by atoms with E-state index in [1.165, 1.54) is 24.3 Å². The molecule has 0 spiro atoms. The molecule has 1 saturated carbocycles. The number of nitrogens with zero attached hydrogens (tertiary/aromatic N) is 4. The Labute approximate surface area is 324 Å². The summed E-state index contributed by atoms with van der Waals surface area (Å²) < 4.78 is 48.5. The highest BCUT2D eigenvalue weighted by Crippen LogP contribution is 2.48. The largest absolute Gasteiger partial charge is 0.465 e. The van der Waals surface area contributed by atoms with Crippen molar-refractivity contribution in [2.75, 3.05) is 36.2 Å². The van der Waals surface area contributed by atoms with Crippen molar-refractivity contribution in [3.05, 3.63) is 94.5 Å². The lowest BCUT2D eigenvalue weighted by atomic mass is 9.87. The third-order valence-electron chi connectivity index (χ3n) is 8.36. The van der Waals surface area contributed by atoms with Gasteiger partial charge in [0.05, 0.1) is 12.6 Å². The van der Waals surface area contributed by atoms with E-state index >= 15 is 0 Å². The lowest BCUT2D eigenvalue weighted by Crippen LogP contribution is -2.37. The topological polar surface area (TPSA) is 186 Å².